The Labute approximate surface area is 207 Å². The predicted octanol–water partition coefficient (Wildman–Crippen LogP) is 6.72. The SMILES string of the molecule is COc1ccc(C2=NN(C3CCCCCC3)C(=O)C2(C)C)cc1OCc1cccc2ccccc12. The number of hydrazone groups is 1. The van der Waals surface area contributed by atoms with Gasteiger partial charge in [-0.05, 0) is 61.2 Å². The number of hydrogen-bond acceptors (Lipinski definition) is 4. The van der Waals surface area contributed by atoms with E-state index in [1.165, 1.54) is 23.6 Å². The van der Waals surface area contributed by atoms with E-state index in [1.807, 2.05) is 44.2 Å². The van der Waals surface area contributed by atoms with Gasteiger partial charge in [0.1, 0.15) is 6.61 Å². The first-order valence-electron chi connectivity index (χ1n) is 12.7. The minimum absolute atomic E-state index is 0.0911. The zero-order chi connectivity index (χ0) is 24.4. The minimum atomic E-state index is -0.687. The van der Waals surface area contributed by atoms with Gasteiger partial charge in [0.05, 0.1) is 24.3 Å². The van der Waals surface area contributed by atoms with Gasteiger partial charge in [0.25, 0.3) is 5.91 Å². The summed E-state index contributed by atoms with van der Waals surface area (Å²) in [4.78, 5) is 13.4. The molecule has 0 radical (unpaired) electrons. The van der Waals surface area contributed by atoms with Crippen molar-refractivity contribution < 1.29 is 14.3 Å². The molecule has 0 saturated heterocycles. The first kappa shape index (κ1) is 23.4. The zero-order valence-electron chi connectivity index (χ0n) is 20.9. The number of carbonyl (C=O) groups excluding carboxylic acids is 1. The Kier molecular flexibility index (Phi) is 6.50. The van der Waals surface area contributed by atoms with E-state index in [4.69, 9.17) is 14.6 Å². The lowest BCUT2D eigenvalue weighted by molar-refractivity contribution is -0.137. The van der Waals surface area contributed by atoms with Gasteiger partial charge in [-0.2, -0.15) is 5.10 Å². The van der Waals surface area contributed by atoms with Gasteiger partial charge in [0.2, 0.25) is 0 Å². The van der Waals surface area contributed by atoms with Crippen molar-refractivity contribution in [2.24, 2.45) is 10.5 Å². The number of rotatable bonds is 6. The molecule has 5 nitrogen and oxygen atoms in total. The molecular formula is C30H34N2O3. The van der Waals surface area contributed by atoms with Crippen LogP contribution in [0.3, 0.4) is 0 Å². The van der Waals surface area contributed by atoms with Crippen molar-refractivity contribution in [2.45, 2.75) is 65.0 Å². The smallest absolute Gasteiger partial charge is 0.254 e. The standard InChI is InChI=1S/C30H34N2O3/c1-30(2)28(31-32(29(30)33)24-14-6-4-5-7-15-24)22-17-18-26(34-3)27(19-22)35-20-23-13-10-12-21-11-8-9-16-25(21)23/h8-13,16-19,24H,4-7,14-15,20H2,1-3H3. The first-order chi connectivity index (χ1) is 17.0. The van der Waals surface area contributed by atoms with Crippen molar-refractivity contribution in [3.05, 3.63) is 71.8 Å². The first-order valence-corrected chi connectivity index (χ1v) is 12.7. The Morgan fingerprint density at radius 1 is 0.943 bits per heavy atom. The normalized spacial score (nSPS) is 18.4. The molecule has 3 aromatic carbocycles. The molecule has 5 rings (SSSR count). The van der Waals surface area contributed by atoms with Crippen LogP contribution in [0.25, 0.3) is 10.8 Å². The fraction of sp³-hybridized carbons (Fsp3) is 0.400. The number of methoxy groups -OCH3 is 1. The van der Waals surface area contributed by atoms with E-state index in [2.05, 4.69) is 30.3 Å². The summed E-state index contributed by atoms with van der Waals surface area (Å²) in [6, 6.07) is 20.6. The molecule has 1 saturated carbocycles. The van der Waals surface area contributed by atoms with Crippen molar-refractivity contribution in [1.29, 1.82) is 0 Å². The molecule has 0 unspecified atom stereocenters. The fourth-order valence-electron chi connectivity index (χ4n) is 5.34. The topological polar surface area (TPSA) is 51.1 Å². The summed E-state index contributed by atoms with van der Waals surface area (Å²) in [7, 11) is 1.65. The van der Waals surface area contributed by atoms with Gasteiger partial charge in [-0.3, -0.25) is 4.79 Å². The molecule has 35 heavy (non-hydrogen) atoms. The van der Waals surface area contributed by atoms with Crippen LogP contribution >= 0.6 is 0 Å². The molecule has 1 amide bonds. The highest BCUT2D eigenvalue weighted by Crippen LogP contribution is 2.38. The van der Waals surface area contributed by atoms with E-state index in [0.717, 1.165) is 42.5 Å². The van der Waals surface area contributed by atoms with Crippen LogP contribution < -0.4 is 9.47 Å². The van der Waals surface area contributed by atoms with Crippen LogP contribution in [0.4, 0.5) is 0 Å². The van der Waals surface area contributed by atoms with Crippen LogP contribution in [0, 0.1) is 5.41 Å². The molecule has 1 heterocycles. The lowest BCUT2D eigenvalue weighted by Gasteiger charge is -2.26. The Hall–Kier alpha value is -3.34. The molecular weight excluding hydrogens is 436 g/mol. The Balaban J connectivity index is 1.44. The number of ether oxygens (including phenoxy) is 2. The van der Waals surface area contributed by atoms with E-state index in [0.29, 0.717) is 18.1 Å². The van der Waals surface area contributed by atoms with Crippen molar-refractivity contribution in [1.82, 2.24) is 5.01 Å². The monoisotopic (exact) mass is 470 g/mol. The largest absolute Gasteiger partial charge is 0.493 e. The molecule has 5 heteroatoms. The van der Waals surface area contributed by atoms with Crippen LogP contribution in [0.15, 0.2) is 65.8 Å². The highest BCUT2D eigenvalue weighted by Gasteiger charge is 2.46. The van der Waals surface area contributed by atoms with Gasteiger partial charge in [0, 0.05) is 5.56 Å². The maximum atomic E-state index is 13.4. The summed E-state index contributed by atoms with van der Waals surface area (Å²) in [5.41, 5.74) is 2.12. The summed E-state index contributed by atoms with van der Waals surface area (Å²) in [6.45, 7) is 4.38. The van der Waals surface area contributed by atoms with Crippen LogP contribution in [0.5, 0.6) is 11.5 Å². The maximum Gasteiger partial charge on any atom is 0.254 e. The van der Waals surface area contributed by atoms with Crippen molar-refractivity contribution in [2.75, 3.05) is 7.11 Å². The van der Waals surface area contributed by atoms with Gasteiger partial charge in [-0.25, -0.2) is 5.01 Å². The van der Waals surface area contributed by atoms with Crippen LogP contribution in [-0.4, -0.2) is 29.8 Å². The van der Waals surface area contributed by atoms with E-state index in [9.17, 15) is 4.79 Å². The minimum Gasteiger partial charge on any atom is -0.493 e. The number of fused-ring (bicyclic) bond motifs is 1. The van der Waals surface area contributed by atoms with E-state index < -0.39 is 5.41 Å². The molecule has 0 atom stereocenters. The second kappa shape index (κ2) is 9.73. The average Bonchev–Trinajstić information content (AvgIpc) is 3.05. The fourth-order valence-corrected chi connectivity index (χ4v) is 5.34. The Morgan fingerprint density at radius 3 is 2.46 bits per heavy atom. The van der Waals surface area contributed by atoms with Gasteiger partial charge < -0.3 is 9.47 Å². The summed E-state index contributed by atoms with van der Waals surface area (Å²) in [5, 5.41) is 9.06. The molecule has 0 aromatic heterocycles. The molecule has 0 spiro atoms. The van der Waals surface area contributed by atoms with Gasteiger partial charge in [-0.1, -0.05) is 68.1 Å². The number of nitrogens with zero attached hydrogens (tertiary/aromatic N) is 2. The highest BCUT2D eigenvalue weighted by atomic mass is 16.5. The third-order valence-corrected chi connectivity index (χ3v) is 7.41. The van der Waals surface area contributed by atoms with Gasteiger partial charge >= 0.3 is 0 Å². The Morgan fingerprint density at radius 2 is 1.69 bits per heavy atom. The van der Waals surface area contributed by atoms with E-state index in [1.54, 1.807) is 12.1 Å². The van der Waals surface area contributed by atoms with Crippen LogP contribution in [-0.2, 0) is 11.4 Å². The molecule has 0 N–H and O–H groups in total. The molecule has 3 aromatic rings. The predicted molar refractivity (Wildman–Crippen MR) is 140 cm³/mol. The summed E-state index contributed by atoms with van der Waals surface area (Å²) >= 11 is 0. The molecule has 0 bridgehead atoms. The third kappa shape index (κ3) is 4.52. The van der Waals surface area contributed by atoms with Crippen LogP contribution in [0.1, 0.15) is 63.5 Å². The maximum absolute atomic E-state index is 13.4. The Bertz CT molecular complexity index is 1250. The van der Waals surface area contributed by atoms with Crippen molar-refractivity contribution >= 4 is 22.4 Å². The summed E-state index contributed by atoms with van der Waals surface area (Å²) < 4.78 is 11.9. The van der Waals surface area contributed by atoms with E-state index in [-0.39, 0.29) is 11.9 Å². The average molecular weight is 471 g/mol. The van der Waals surface area contributed by atoms with Crippen LogP contribution in [0.2, 0.25) is 0 Å². The molecule has 1 aliphatic carbocycles. The second-order valence-corrected chi connectivity index (χ2v) is 10.2. The van der Waals surface area contributed by atoms with Gasteiger partial charge in [0.15, 0.2) is 11.5 Å². The second-order valence-electron chi connectivity index (χ2n) is 10.2. The number of hydrogen-bond donors (Lipinski definition) is 0. The van der Waals surface area contributed by atoms with Gasteiger partial charge in [-0.15, -0.1) is 0 Å². The molecule has 1 fully saturated rings. The molecule has 2 aliphatic rings. The van der Waals surface area contributed by atoms with Crippen molar-refractivity contribution in [3.63, 3.8) is 0 Å². The zero-order valence-corrected chi connectivity index (χ0v) is 20.9. The number of carbonyl (C=O) groups is 1. The molecule has 182 valence electrons. The summed E-state index contributed by atoms with van der Waals surface area (Å²) in [6.07, 6.45) is 6.87. The third-order valence-electron chi connectivity index (χ3n) is 7.41. The summed E-state index contributed by atoms with van der Waals surface area (Å²) in [5.74, 6) is 1.41. The lowest BCUT2D eigenvalue weighted by atomic mass is 9.83. The lowest BCUT2D eigenvalue weighted by Crippen LogP contribution is -2.39. The van der Waals surface area contributed by atoms with Crippen molar-refractivity contribution in [3.8, 4) is 11.5 Å². The number of amides is 1. The molecule has 1 aliphatic heterocycles. The highest BCUT2D eigenvalue weighted by molar-refractivity contribution is 6.19. The van der Waals surface area contributed by atoms with E-state index >= 15 is 0 Å². The quantitative estimate of drug-likeness (QED) is 0.376. The number of benzene rings is 3.